The molecule has 1 saturated heterocycles. The zero-order valence-electron chi connectivity index (χ0n) is 15.8. The van der Waals surface area contributed by atoms with E-state index in [9.17, 15) is 14.4 Å². The van der Waals surface area contributed by atoms with Crippen molar-refractivity contribution in [2.75, 3.05) is 10.2 Å². The second kappa shape index (κ2) is 6.56. The predicted octanol–water partition coefficient (Wildman–Crippen LogP) is 4.21. The molecule has 1 saturated carbocycles. The Hall–Kier alpha value is -2.92. The van der Waals surface area contributed by atoms with Gasteiger partial charge in [-0.05, 0) is 61.1 Å². The summed E-state index contributed by atoms with van der Waals surface area (Å²) in [5, 5.41) is 3.38. The van der Waals surface area contributed by atoms with E-state index in [-0.39, 0.29) is 41.4 Å². The number of hydrogen-bond acceptors (Lipinski definition) is 3. The van der Waals surface area contributed by atoms with Gasteiger partial charge in [0.25, 0.3) is 5.91 Å². The second-order valence-corrected chi connectivity index (χ2v) is 8.41. The highest BCUT2D eigenvalue weighted by atomic mass is 35.5. The Bertz CT molecular complexity index is 1060. The van der Waals surface area contributed by atoms with Crippen molar-refractivity contribution in [1.29, 1.82) is 0 Å². The Morgan fingerprint density at radius 2 is 1.72 bits per heavy atom. The molecule has 0 aromatic heterocycles. The van der Waals surface area contributed by atoms with Crippen LogP contribution in [0.1, 0.15) is 22.3 Å². The van der Waals surface area contributed by atoms with Crippen LogP contribution in [-0.4, -0.2) is 17.7 Å². The van der Waals surface area contributed by atoms with E-state index in [4.69, 9.17) is 11.6 Å². The lowest BCUT2D eigenvalue weighted by molar-refractivity contribution is -0.123. The average molecular weight is 407 g/mol. The monoisotopic (exact) mass is 406 g/mol. The molecule has 1 aliphatic heterocycles. The molecule has 2 aliphatic carbocycles. The normalized spacial score (nSPS) is 26.9. The third-order valence-electron chi connectivity index (χ3n) is 6.28. The number of allylic oxidation sites excluding steroid dienone is 2. The molecule has 0 radical (unpaired) electrons. The van der Waals surface area contributed by atoms with Crippen LogP contribution in [-0.2, 0) is 9.59 Å². The summed E-state index contributed by atoms with van der Waals surface area (Å²) in [6.45, 7) is 1.88. The first-order chi connectivity index (χ1) is 13.9. The van der Waals surface area contributed by atoms with Crippen molar-refractivity contribution in [2.45, 2.75) is 13.3 Å². The largest absolute Gasteiger partial charge is 0.322 e. The molecule has 0 spiro atoms. The van der Waals surface area contributed by atoms with Gasteiger partial charge in [0, 0.05) is 16.3 Å². The Kier molecular flexibility index (Phi) is 4.10. The SMILES string of the molecule is Cc1ccc(Cl)cc1NC(=O)c1cccc(N2C(=O)[C@@H]3[C@@H](C2=O)[C@H]2C=C[C@H]3C2)c1. The van der Waals surface area contributed by atoms with Crippen molar-refractivity contribution < 1.29 is 14.4 Å². The predicted molar refractivity (Wildman–Crippen MR) is 111 cm³/mol. The maximum Gasteiger partial charge on any atom is 0.255 e. The number of imide groups is 1. The van der Waals surface area contributed by atoms with E-state index in [0.717, 1.165) is 12.0 Å². The van der Waals surface area contributed by atoms with E-state index >= 15 is 0 Å². The maximum absolute atomic E-state index is 13.0. The smallest absolute Gasteiger partial charge is 0.255 e. The second-order valence-electron chi connectivity index (χ2n) is 7.98. The molecule has 146 valence electrons. The standard InChI is InChI=1S/C23H19ClN2O3/c1-12-5-8-16(24)11-18(12)25-21(27)15-3-2-4-17(10-15)26-22(28)19-13-6-7-14(9-13)20(19)23(26)29/h2-8,10-11,13-14,19-20H,9H2,1H3,(H,25,27)/t13-,14-,19-,20-/m0/s1. The number of carbonyl (C=O) groups excluding carboxylic acids is 3. The Labute approximate surface area is 173 Å². The topological polar surface area (TPSA) is 66.5 Å². The van der Waals surface area contributed by atoms with Crippen LogP contribution in [0.15, 0.2) is 54.6 Å². The molecule has 2 aromatic carbocycles. The highest BCUT2D eigenvalue weighted by Crippen LogP contribution is 2.53. The van der Waals surface area contributed by atoms with Crippen LogP contribution >= 0.6 is 11.6 Å². The summed E-state index contributed by atoms with van der Waals surface area (Å²) < 4.78 is 0. The summed E-state index contributed by atoms with van der Waals surface area (Å²) >= 11 is 6.03. The summed E-state index contributed by atoms with van der Waals surface area (Å²) in [6, 6.07) is 11.9. The number of hydrogen-bond donors (Lipinski definition) is 1. The Balaban J connectivity index is 1.42. The molecule has 3 amide bonds. The van der Waals surface area contributed by atoms with Crippen LogP contribution < -0.4 is 10.2 Å². The van der Waals surface area contributed by atoms with Gasteiger partial charge in [-0.3, -0.25) is 14.4 Å². The van der Waals surface area contributed by atoms with Crippen molar-refractivity contribution in [3.63, 3.8) is 0 Å². The number of rotatable bonds is 3. The van der Waals surface area contributed by atoms with Crippen LogP contribution in [0.2, 0.25) is 5.02 Å². The Morgan fingerprint density at radius 3 is 2.41 bits per heavy atom. The van der Waals surface area contributed by atoms with Gasteiger partial charge < -0.3 is 5.32 Å². The Morgan fingerprint density at radius 1 is 1.03 bits per heavy atom. The van der Waals surface area contributed by atoms with E-state index in [1.165, 1.54) is 4.90 Å². The van der Waals surface area contributed by atoms with Gasteiger partial charge in [-0.2, -0.15) is 0 Å². The van der Waals surface area contributed by atoms with Crippen molar-refractivity contribution in [3.05, 3.63) is 70.8 Å². The molecular formula is C23H19ClN2O3. The number of halogens is 1. The van der Waals surface area contributed by atoms with Gasteiger partial charge in [-0.15, -0.1) is 0 Å². The van der Waals surface area contributed by atoms with E-state index in [1.54, 1.807) is 36.4 Å². The number of carbonyl (C=O) groups is 3. The minimum atomic E-state index is -0.321. The molecule has 3 aliphatic rings. The van der Waals surface area contributed by atoms with Gasteiger partial charge in [-0.1, -0.05) is 35.9 Å². The van der Waals surface area contributed by atoms with Gasteiger partial charge in [0.1, 0.15) is 0 Å². The third kappa shape index (κ3) is 2.80. The van der Waals surface area contributed by atoms with Crippen molar-refractivity contribution in [1.82, 2.24) is 0 Å². The van der Waals surface area contributed by atoms with Crippen molar-refractivity contribution in [2.24, 2.45) is 23.7 Å². The first kappa shape index (κ1) is 18.1. The minimum absolute atomic E-state index is 0.153. The quantitative estimate of drug-likeness (QED) is 0.613. The lowest BCUT2D eigenvalue weighted by Gasteiger charge is -2.18. The van der Waals surface area contributed by atoms with Crippen LogP contribution in [0.4, 0.5) is 11.4 Å². The van der Waals surface area contributed by atoms with Gasteiger partial charge in [-0.25, -0.2) is 4.90 Å². The minimum Gasteiger partial charge on any atom is -0.322 e. The molecule has 5 nitrogen and oxygen atoms in total. The molecular weight excluding hydrogens is 388 g/mol. The highest BCUT2D eigenvalue weighted by molar-refractivity contribution is 6.31. The molecule has 2 bridgehead atoms. The summed E-state index contributed by atoms with van der Waals surface area (Å²) in [4.78, 5) is 40.0. The summed E-state index contributed by atoms with van der Waals surface area (Å²) in [7, 11) is 0. The van der Waals surface area contributed by atoms with Crippen LogP contribution in [0.5, 0.6) is 0 Å². The fourth-order valence-electron chi connectivity index (χ4n) is 4.87. The maximum atomic E-state index is 13.0. The van der Waals surface area contributed by atoms with E-state index in [1.807, 2.05) is 13.0 Å². The third-order valence-corrected chi connectivity index (χ3v) is 6.52. The van der Waals surface area contributed by atoms with Crippen LogP contribution in [0, 0.1) is 30.6 Å². The number of anilines is 2. The zero-order chi connectivity index (χ0) is 20.3. The number of nitrogens with one attached hydrogen (secondary N) is 1. The molecule has 2 fully saturated rings. The average Bonchev–Trinajstić information content (AvgIpc) is 3.38. The summed E-state index contributed by atoms with van der Waals surface area (Å²) in [5.74, 6) is -0.834. The van der Waals surface area contributed by atoms with E-state index < -0.39 is 0 Å². The van der Waals surface area contributed by atoms with E-state index in [2.05, 4.69) is 17.5 Å². The highest BCUT2D eigenvalue weighted by Gasteiger charge is 2.59. The number of amides is 3. The molecule has 1 heterocycles. The summed E-state index contributed by atoms with van der Waals surface area (Å²) in [5.41, 5.74) is 2.34. The lowest BCUT2D eigenvalue weighted by Crippen LogP contribution is -2.33. The summed E-state index contributed by atoms with van der Waals surface area (Å²) in [6.07, 6.45) is 5.03. The van der Waals surface area contributed by atoms with Crippen molar-refractivity contribution in [3.8, 4) is 0 Å². The molecule has 0 unspecified atom stereocenters. The fraction of sp³-hybridized carbons (Fsp3) is 0.261. The van der Waals surface area contributed by atoms with Crippen LogP contribution in [0.3, 0.4) is 0 Å². The number of aryl methyl sites for hydroxylation is 1. The first-order valence-electron chi connectivity index (χ1n) is 9.68. The van der Waals surface area contributed by atoms with Gasteiger partial charge in [0.05, 0.1) is 17.5 Å². The fourth-order valence-corrected chi connectivity index (χ4v) is 5.04. The molecule has 2 aromatic rings. The molecule has 6 heteroatoms. The molecule has 5 rings (SSSR count). The zero-order valence-corrected chi connectivity index (χ0v) is 16.5. The number of nitrogens with zero attached hydrogens (tertiary/aromatic N) is 1. The molecule has 29 heavy (non-hydrogen) atoms. The first-order valence-corrected chi connectivity index (χ1v) is 10.1. The van der Waals surface area contributed by atoms with Crippen LogP contribution in [0.25, 0.3) is 0 Å². The number of fused-ring (bicyclic) bond motifs is 5. The number of benzene rings is 2. The van der Waals surface area contributed by atoms with Gasteiger partial charge >= 0.3 is 0 Å². The van der Waals surface area contributed by atoms with Crippen molar-refractivity contribution >= 4 is 40.7 Å². The molecule has 1 N–H and O–H groups in total. The van der Waals surface area contributed by atoms with E-state index in [0.29, 0.717) is 22.0 Å². The molecule has 4 atom stereocenters. The van der Waals surface area contributed by atoms with Gasteiger partial charge in [0.15, 0.2) is 0 Å². The van der Waals surface area contributed by atoms with Gasteiger partial charge in [0.2, 0.25) is 11.8 Å². The lowest BCUT2D eigenvalue weighted by atomic mass is 9.85.